The van der Waals surface area contributed by atoms with E-state index in [2.05, 4.69) is 0 Å². The minimum Gasteiger partial charge on any atom is -0.300 e. The average Bonchev–Trinajstić information content (AvgIpc) is 2.39. The Morgan fingerprint density at radius 3 is 1.75 bits per heavy atom. The van der Waals surface area contributed by atoms with Crippen molar-refractivity contribution in [2.24, 2.45) is 5.92 Å². The summed E-state index contributed by atoms with van der Waals surface area (Å²) in [4.78, 5) is 11.7. The first-order valence-electron chi connectivity index (χ1n) is 6.50. The first kappa shape index (κ1) is 14.4. The lowest BCUT2D eigenvalue weighted by Gasteiger charge is -2.23. The normalized spacial score (nSPS) is 12.4. The van der Waals surface area contributed by atoms with Gasteiger partial charge < -0.3 is 0 Å². The number of hydrogen-bond acceptors (Lipinski definition) is 1. The van der Waals surface area contributed by atoms with Gasteiger partial charge in [0.05, 0.1) is 0 Å². The SMILES string of the molecule is CC(=O)C(C)C(c1cccc(F)c1)c1cccc(F)c1. The molecule has 0 aromatic heterocycles. The molecule has 0 aliphatic carbocycles. The summed E-state index contributed by atoms with van der Waals surface area (Å²) in [5.74, 6) is -1.43. The van der Waals surface area contributed by atoms with E-state index in [1.165, 1.54) is 31.2 Å². The van der Waals surface area contributed by atoms with Crippen LogP contribution in [0.5, 0.6) is 0 Å². The molecule has 104 valence electrons. The van der Waals surface area contributed by atoms with Crippen molar-refractivity contribution in [3.8, 4) is 0 Å². The van der Waals surface area contributed by atoms with E-state index in [4.69, 9.17) is 0 Å². The van der Waals surface area contributed by atoms with Crippen molar-refractivity contribution in [1.29, 1.82) is 0 Å². The molecule has 0 heterocycles. The highest BCUT2D eigenvalue weighted by atomic mass is 19.1. The summed E-state index contributed by atoms with van der Waals surface area (Å²) in [6.07, 6.45) is 0. The molecule has 2 rings (SSSR count). The van der Waals surface area contributed by atoms with Gasteiger partial charge in [-0.1, -0.05) is 31.2 Å². The van der Waals surface area contributed by atoms with Crippen molar-refractivity contribution >= 4 is 5.78 Å². The minimum absolute atomic E-state index is 0.0106. The molecule has 0 aliphatic heterocycles. The number of Topliss-reactive ketones (excluding diaryl/α,β-unsaturated/α-hetero) is 1. The topological polar surface area (TPSA) is 17.1 Å². The molecular weight excluding hydrogens is 258 g/mol. The van der Waals surface area contributed by atoms with Gasteiger partial charge in [-0.2, -0.15) is 0 Å². The fourth-order valence-corrected chi connectivity index (χ4v) is 2.40. The second-order valence-electron chi connectivity index (χ2n) is 4.99. The van der Waals surface area contributed by atoms with Crippen LogP contribution in [0.3, 0.4) is 0 Å². The Morgan fingerprint density at radius 1 is 0.950 bits per heavy atom. The highest BCUT2D eigenvalue weighted by molar-refractivity contribution is 5.79. The number of rotatable bonds is 4. The van der Waals surface area contributed by atoms with Gasteiger partial charge in [-0.25, -0.2) is 8.78 Å². The van der Waals surface area contributed by atoms with Crippen molar-refractivity contribution < 1.29 is 13.6 Å². The zero-order chi connectivity index (χ0) is 14.7. The van der Waals surface area contributed by atoms with E-state index in [0.29, 0.717) is 11.1 Å². The van der Waals surface area contributed by atoms with Gasteiger partial charge in [0.15, 0.2) is 0 Å². The maximum absolute atomic E-state index is 13.4. The van der Waals surface area contributed by atoms with Crippen LogP contribution < -0.4 is 0 Å². The largest absolute Gasteiger partial charge is 0.300 e. The lowest BCUT2D eigenvalue weighted by Crippen LogP contribution is -2.18. The number of carbonyl (C=O) groups excluding carboxylic acids is 1. The smallest absolute Gasteiger partial charge is 0.133 e. The van der Waals surface area contributed by atoms with Crippen LogP contribution in [0.1, 0.15) is 30.9 Å². The standard InChI is InChI=1S/C17H16F2O/c1-11(12(2)20)17(13-5-3-7-15(18)9-13)14-6-4-8-16(19)10-14/h3-11,17H,1-2H3. The molecule has 0 N–H and O–H groups in total. The van der Waals surface area contributed by atoms with E-state index in [1.807, 2.05) is 0 Å². The van der Waals surface area contributed by atoms with Crippen LogP contribution in [-0.2, 0) is 4.79 Å². The Morgan fingerprint density at radius 2 is 1.40 bits per heavy atom. The molecule has 0 bridgehead atoms. The molecule has 0 saturated carbocycles. The summed E-state index contributed by atoms with van der Waals surface area (Å²) in [5.41, 5.74) is 1.36. The maximum atomic E-state index is 13.4. The van der Waals surface area contributed by atoms with Gasteiger partial charge in [0.2, 0.25) is 0 Å². The average molecular weight is 274 g/mol. The van der Waals surface area contributed by atoms with Crippen LogP contribution in [0.4, 0.5) is 8.78 Å². The Labute approximate surface area is 117 Å². The fourth-order valence-electron chi connectivity index (χ4n) is 2.40. The van der Waals surface area contributed by atoms with Gasteiger partial charge in [-0.3, -0.25) is 4.79 Å². The number of ketones is 1. The van der Waals surface area contributed by atoms with Gasteiger partial charge in [0, 0.05) is 11.8 Å². The molecule has 2 aromatic rings. The molecule has 0 aliphatic rings. The van der Waals surface area contributed by atoms with Crippen molar-refractivity contribution in [3.05, 3.63) is 71.3 Å². The van der Waals surface area contributed by atoms with Crippen LogP contribution in [0, 0.1) is 17.6 Å². The summed E-state index contributed by atoms with van der Waals surface area (Å²) in [6, 6.07) is 12.2. The number of hydrogen-bond donors (Lipinski definition) is 0. The van der Waals surface area contributed by atoms with Crippen LogP contribution in [0.15, 0.2) is 48.5 Å². The van der Waals surface area contributed by atoms with Gasteiger partial charge in [-0.15, -0.1) is 0 Å². The molecule has 1 unspecified atom stereocenters. The van der Waals surface area contributed by atoms with Crippen molar-refractivity contribution in [2.45, 2.75) is 19.8 Å². The molecular formula is C17H16F2O. The van der Waals surface area contributed by atoms with Crippen molar-refractivity contribution in [3.63, 3.8) is 0 Å². The van der Waals surface area contributed by atoms with Crippen LogP contribution in [0.25, 0.3) is 0 Å². The number of benzene rings is 2. The highest BCUT2D eigenvalue weighted by Crippen LogP contribution is 2.33. The molecule has 1 atom stereocenters. The first-order valence-corrected chi connectivity index (χ1v) is 6.50. The molecule has 0 fully saturated rings. The summed E-state index contributed by atoms with van der Waals surface area (Å²) < 4.78 is 26.9. The quantitative estimate of drug-likeness (QED) is 0.811. The van der Waals surface area contributed by atoms with Gasteiger partial charge in [0.25, 0.3) is 0 Å². The summed E-state index contributed by atoms with van der Waals surface area (Å²) in [5, 5.41) is 0. The first-order chi connectivity index (χ1) is 9.49. The lowest BCUT2D eigenvalue weighted by molar-refractivity contribution is -0.120. The number of carbonyl (C=O) groups is 1. The molecule has 3 heteroatoms. The van der Waals surface area contributed by atoms with E-state index in [9.17, 15) is 13.6 Å². The molecule has 0 radical (unpaired) electrons. The van der Waals surface area contributed by atoms with Crippen LogP contribution >= 0.6 is 0 Å². The van der Waals surface area contributed by atoms with E-state index in [0.717, 1.165) is 0 Å². The van der Waals surface area contributed by atoms with Crippen molar-refractivity contribution in [2.75, 3.05) is 0 Å². The second kappa shape index (κ2) is 5.95. The van der Waals surface area contributed by atoms with Crippen LogP contribution in [0.2, 0.25) is 0 Å². The third kappa shape index (κ3) is 3.10. The Kier molecular flexibility index (Phi) is 4.28. The molecule has 1 nitrogen and oxygen atoms in total. The highest BCUT2D eigenvalue weighted by Gasteiger charge is 2.25. The zero-order valence-electron chi connectivity index (χ0n) is 11.4. The van der Waals surface area contributed by atoms with Gasteiger partial charge in [-0.05, 0) is 42.3 Å². The summed E-state index contributed by atoms with van der Waals surface area (Å²) in [7, 11) is 0. The predicted octanol–water partition coefficient (Wildman–Crippen LogP) is 4.32. The van der Waals surface area contributed by atoms with E-state index >= 15 is 0 Å². The maximum Gasteiger partial charge on any atom is 0.133 e. The molecule has 0 amide bonds. The molecule has 20 heavy (non-hydrogen) atoms. The van der Waals surface area contributed by atoms with E-state index < -0.39 is 0 Å². The summed E-state index contributed by atoms with van der Waals surface area (Å²) in [6.45, 7) is 3.28. The second-order valence-corrected chi connectivity index (χ2v) is 4.99. The number of halogens is 2. The van der Waals surface area contributed by atoms with Crippen molar-refractivity contribution in [1.82, 2.24) is 0 Å². The van der Waals surface area contributed by atoms with Gasteiger partial charge >= 0.3 is 0 Å². The molecule has 2 aromatic carbocycles. The molecule has 0 spiro atoms. The van der Waals surface area contributed by atoms with E-state index in [1.54, 1.807) is 31.2 Å². The van der Waals surface area contributed by atoms with E-state index in [-0.39, 0.29) is 29.3 Å². The molecule has 0 saturated heterocycles. The zero-order valence-corrected chi connectivity index (χ0v) is 11.4. The monoisotopic (exact) mass is 274 g/mol. The Hall–Kier alpha value is -2.03. The Balaban J connectivity index is 2.53. The minimum atomic E-state index is -0.361. The third-order valence-electron chi connectivity index (χ3n) is 3.56. The predicted molar refractivity (Wildman–Crippen MR) is 74.5 cm³/mol. The lowest BCUT2D eigenvalue weighted by atomic mass is 9.80. The summed E-state index contributed by atoms with van der Waals surface area (Å²) >= 11 is 0. The fraction of sp³-hybridized carbons (Fsp3) is 0.235. The van der Waals surface area contributed by atoms with Gasteiger partial charge in [0.1, 0.15) is 17.4 Å². The van der Waals surface area contributed by atoms with Crippen LogP contribution in [-0.4, -0.2) is 5.78 Å². The Bertz CT molecular complexity index is 576. The third-order valence-corrected chi connectivity index (χ3v) is 3.56.